The van der Waals surface area contributed by atoms with E-state index in [1.54, 1.807) is 11.8 Å². The minimum atomic E-state index is -0.373. The zero-order valence-electron chi connectivity index (χ0n) is 14.2. The van der Waals surface area contributed by atoms with Gasteiger partial charge in [0.15, 0.2) is 0 Å². The van der Waals surface area contributed by atoms with Gasteiger partial charge in [0.2, 0.25) is 5.91 Å². The number of esters is 1. The molecule has 1 N–H and O–H groups in total. The molecule has 1 aromatic carbocycles. The van der Waals surface area contributed by atoms with E-state index in [9.17, 15) is 9.59 Å². The van der Waals surface area contributed by atoms with Gasteiger partial charge in [-0.2, -0.15) is 0 Å². The molecule has 128 valence electrons. The molecular weight excluding hydrogens is 294 g/mol. The molecule has 0 aliphatic rings. The molecule has 0 saturated heterocycles. The first-order chi connectivity index (χ1) is 11.0. The van der Waals surface area contributed by atoms with E-state index < -0.39 is 0 Å². The van der Waals surface area contributed by atoms with Crippen LogP contribution in [-0.4, -0.2) is 48.7 Å². The summed E-state index contributed by atoms with van der Waals surface area (Å²) in [7, 11) is 1.34. The molecule has 23 heavy (non-hydrogen) atoms. The summed E-state index contributed by atoms with van der Waals surface area (Å²) in [4.78, 5) is 25.6. The summed E-state index contributed by atoms with van der Waals surface area (Å²) in [5.74, 6) is -0.706. The number of hydrogen-bond donors (Lipinski definition) is 1. The molecule has 0 saturated carbocycles. The summed E-state index contributed by atoms with van der Waals surface area (Å²) in [5.41, 5.74) is 2.31. The molecule has 0 aliphatic heterocycles. The van der Waals surface area contributed by atoms with Crippen LogP contribution in [0.3, 0.4) is 0 Å². The molecule has 0 spiro atoms. The highest BCUT2D eigenvalue weighted by atomic mass is 16.5. The van der Waals surface area contributed by atoms with Gasteiger partial charge in [0.05, 0.1) is 13.0 Å². The normalized spacial score (nSPS) is 11.8. The molecule has 1 amide bonds. The average Bonchev–Trinajstić information content (AvgIpc) is 2.56. The fourth-order valence-electron chi connectivity index (χ4n) is 2.35. The lowest BCUT2D eigenvalue weighted by Gasteiger charge is -2.25. The molecular formula is C18H27NO4. The van der Waals surface area contributed by atoms with E-state index >= 15 is 0 Å². The first-order valence-electron chi connectivity index (χ1n) is 8.00. The van der Waals surface area contributed by atoms with Crippen molar-refractivity contribution in [3.63, 3.8) is 0 Å². The smallest absolute Gasteiger partial charge is 0.310 e. The third-order valence-electron chi connectivity index (χ3n) is 3.78. The van der Waals surface area contributed by atoms with E-state index in [0.717, 1.165) is 5.56 Å². The Hall–Kier alpha value is -1.88. The predicted octanol–water partition coefficient (Wildman–Crippen LogP) is 1.95. The number of hydrogen-bond acceptors (Lipinski definition) is 4. The van der Waals surface area contributed by atoms with Gasteiger partial charge in [-0.15, -0.1) is 0 Å². The van der Waals surface area contributed by atoms with Crippen molar-refractivity contribution in [3.8, 4) is 0 Å². The largest absolute Gasteiger partial charge is 0.469 e. The molecule has 1 atom stereocenters. The molecule has 0 bridgehead atoms. The summed E-state index contributed by atoms with van der Waals surface area (Å²) in [6.45, 7) is 4.56. The Kier molecular flexibility index (Phi) is 8.33. The Labute approximate surface area is 138 Å². The highest BCUT2D eigenvalue weighted by Gasteiger charge is 2.21. The van der Waals surface area contributed by atoms with Gasteiger partial charge >= 0.3 is 5.97 Å². The standard InChI is InChI=1S/C18H27NO4/c1-14-5-7-16(8-6-14)9-10-17(21)19(11-4-12-20)13-15(2)18(22)23-3/h5-8,15,20H,4,9-13H2,1-3H3. The number of ether oxygens (including phenoxy) is 1. The lowest BCUT2D eigenvalue weighted by atomic mass is 10.1. The van der Waals surface area contributed by atoms with E-state index in [-0.39, 0.29) is 24.4 Å². The number of carbonyl (C=O) groups is 2. The fourth-order valence-corrected chi connectivity index (χ4v) is 2.35. The van der Waals surface area contributed by atoms with Crippen molar-refractivity contribution in [2.75, 3.05) is 26.8 Å². The van der Waals surface area contributed by atoms with Gasteiger partial charge in [0, 0.05) is 26.1 Å². The zero-order valence-corrected chi connectivity index (χ0v) is 14.2. The van der Waals surface area contributed by atoms with Gasteiger partial charge < -0.3 is 14.7 Å². The Balaban J connectivity index is 2.59. The molecule has 5 heteroatoms. The van der Waals surface area contributed by atoms with Crippen LogP contribution >= 0.6 is 0 Å². The zero-order chi connectivity index (χ0) is 17.2. The number of aliphatic hydroxyl groups excluding tert-OH is 1. The summed E-state index contributed by atoms with van der Waals surface area (Å²) in [6, 6.07) is 8.11. The number of nitrogens with zero attached hydrogens (tertiary/aromatic N) is 1. The van der Waals surface area contributed by atoms with Crippen LogP contribution in [0.5, 0.6) is 0 Å². The molecule has 0 heterocycles. The van der Waals surface area contributed by atoms with Crippen LogP contribution in [0, 0.1) is 12.8 Å². The molecule has 1 rings (SSSR count). The molecule has 0 fully saturated rings. The Morgan fingerprint density at radius 1 is 1.26 bits per heavy atom. The van der Waals surface area contributed by atoms with Gasteiger partial charge in [-0.25, -0.2) is 0 Å². The molecule has 1 aromatic rings. The molecule has 5 nitrogen and oxygen atoms in total. The summed E-state index contributed by atoms with van der Waals surface area (Å²) < 4.78 is 4.71. The van der Waals surface area contributed by atoms with E-state index in [1.165, 1.54) is 12.7 Å². The monoisotopic (exact) mass is 321 g/mol. The molecule has 1 unspecified atom stereocenters. The Morgan fingerprint density at radius 3 is 2.48 bits per heavy atom. The molecule has 0 aromatic heterocycles. The summed E-state index contributed by atoms with van der Waals surface area (Å²) >= 11 is 0. The van der Waals surface area contributed by atoms with Gasteiger partial charge in [-0.05, 0) is 25.3 Å². The fraction of sp³-hybridized carbons (Fsp3) is 0.556. The second kappa shape index (κ2) is 10.0. The van der Waals surface area contributed by atoms with Crippen molar-refractivity contribution in [2.45, 2.75) is 33.1 Å². The minimum Gasteiger partial charge on any atom is -0.469 e. The van der Waals surface area contributed by atoms with E-state index in [0.29, 0.717) is 32.4 Å². The number of aryl methyl sites for hydroxylation is 2. The lowest BCUT2D eigenvalue weighted by molar-refractivity contribution is -0.146. The van der Waals surface area contributed by atoms with Gasteiger partial charge in [0.1, 0.15) is 0 Å². The first kappa shape index (κ1) is 19.2. The SMILES string of the molecule is COC(=O)C(C)CN(CCCO)C(=O)CCc1ccc(C)cc1. The van der Waals surface area contributed by atoms with Gasteiger partial charge in [-0.3, -0.25) is 9.59 Å². The van der Waals surface area contributed by atoms with Crippen molar-refractivity contribution < 1.29 is 19.4 Å². The first-order valence-corrected chi connectivity index (χ1v) is 8.00. The van der Waals surface area contributed by atoms with E-state index in [1.807, 2.05) is 31.2 Å². The maximum atomic E-state index is 12.4. The average molecular weight is 321 g/mol. The number of aliphatic hydroxyl groups is 1. The third-order valence-corrected chi connectivity index (χ3v) is 3.78. The number of benzene rings is 1. The van der Waals surface area contributed by atoms with Crippen LogP contribution in [0.4, 0.5) is 0 Å². The maximum absolute atomic E-state index is 12.4. The van der Waals surface area contributed by atoms with E-state index in [2.05, 4.69) is 0 Å². The maximum Gasteiger partial charge on any atom is 0.310 e. The number of methoxy groups -OCH3 is 1. The van der Waals surface area contributed by atoms with Crippen LogP contribution < -0.4 is 0 Å². The van der Waals surface area contributed by atoms with E-state index in [4.69, 9.17) is 9.84 Å². The van der Waals surface area contributed by atoms with Crippen LogP contribution in [0.25, 0.3) is 0 Å². The quantitative estimate of drug-likeness (QED) is 0.706. The Morgan fingerprint density at radius 2 is 1.91 bits per heavy atom. The third kappa shape index (κ3) is 6.82. The second-order valence-corrected chi connectivity index (χ2v) is 5.83. The highest BCUT2D eigenvalue weighted by molar-refractivity contribution is 5.78. The Bertz CT molecular complexity index is 498. The summed E-state index contributed by atoms with van der Waals surface area (Å²) in [6.07, 6.45) is 1.56. The van der Waals surface area contributed by atoms with Gasteiger partial charge in [-0.1, -0.05) is 36.8 Å². The van der Waals surface area contributed by atoms with Gasteiger partial charge in [0.25, 0.3) is 0 Å². The topological polar surface area (TPSA) is 66.8 Å². The van der Waals surface area contributed by atoms with Crippen molar-refractivity contribution in [1.82, 2.24) is 4.90 Å². The minimum absolute atomic E-state index is 0.00484. The number of carbonyl (C=O) groups excluding carboxylic acids is 2. The number of amides is 1. The number of rotatable bonds is 9. The van der Waals surface area contributed by atoms with Crippen LogP contribution in [-0.2, 0) is 20.7 Å². The van der Waals surface area contributed by atoms with Crippen LogP contribution in [0.1, 0.15) is 30.9 Å². The van der Waals surface area contributed by atoms with Crippen molar-refractivity contribution in [1.29, 1.82) is 0 Å². The van der Waals surface area contributed by atoms with Crippen LogP contribution in [0.2, 0.25) is 0 Å². The second-order valence-electron chi connectivity index (χ2n) is 5.83. The summed E-state index contributed by atoms with van der Waals surface area (Å²) in [5, 5.41) is 8.99. The molecule has 0 radical (unpaired) electrons. The highest BCUT2D eigenvalue weighted by Crippen LogP contribution is 2.10. The predicted molar refractivity (Wildman–Crippen MR) is 89.0 cm³/mol. The molecule has 0 aliphatic carbocycles. The van der Waals surface area contributed by atoms with Crippen molar-refractivity contribution in [2.24, 2.45) is 5.92 Å². The van der Waals surface area contributed by atoms with Crippen molar-refractivity contribution in [3.05, 3.63) is 35.4 Å². The lowest BCUT2D eigenvalue weighted by Crippen LogP contribution is -2.38. The van der Waals surface area contributed by atoms with Crippen molar-refractivity contribution >= 4 is 11.9 Å². The van der Waals surface area contributed by atoms with Crippen LogP contribution in [0.15, 0.2) is 24.3 Å².